The second-order valence-electron chi connectivity index (χ2n) is 4.83. The van der Waals surface area contributed by atoms with Crippen LogP contribution in [0.2, 0.25) is 0 Å². The molecule has 3 nitrogen and oxygen atoms in total. The molecule has 14 heavy (non-hydrogen) atoms. The first kappa shape index (κ1) is 13.4. The predicted octanol–water partition coefficient (Wildman–Crippen LogP) is 1.48. The van der Waals surface area contributed by atoms with E-state index >= 15 is 0 Å². The van der Waals surface area contributed by atoms with Gasteiger partial charge in [0.2, 0.25) is 5.91 Å². The highest BCUT2D eigenvalue weighted by molar-refractivity contribution is 5.82. The first-order valence-corrected chi connectivity index (χ1v) is 5.34. The van der Waals surface area contributed by atoms with E-state index in [1.165, 1.54) is 0 Å². The molecule has 2 N–H and O–H groups in total. The zero-order valence-corrected chi connectivity index (χ0v) is 10.1. The van der Waals surface area contributed by atoms with Crippen LogP contribution in [0.25, 0.3) is 0 Å². The van der Waals surface area contributed by atoms with E-state index in [2.05, 4.69) is 13.8 Å². The van der Waals surface area contributed by atoms with Crippen molar-refractivity contribution in [3.05, 3.63) is 0 Å². The smallest absolute Gasteiger partial charge is 0.229 e. The van der Waals surface area contributed by atoms with Gasteiger partial charge in [-0.1, -0.05) is 13.8 Å². The van der Waals surface area contributed by atoms with E-state index in [1.54, 1.807) is 0 Å². The van der Waals surface area contributed by atoms with Gasteiger partial charge in [0.25, 0.3) is 0 Å². The van der Waals surface area contributed by atoms with E-state index in [1.807, 2.05) is 25.7 Å². The maximum atomic E-state index is 12.0. The Morgan fingerprint density at radius 3 is 2.21 bits per heavy atom. The predicted molar refractivity (Wildman–Crippen MR) is 59.9 cm³/mol. The number of nitrogens with two attached hydrogens (primary N) is 1. The minimum atomic E-state index is -0.426. The molecule has 0 fully saturated rings. The van der Waals surface area contributed by atoms with Crippen LogP contribution in [0.15, 0.2) is 0 Å². The molecule has 0 aliphatic heterocycles. The van der Waals surface area contributed by atoms with Gasteiger partial charge in [-0.3, -0.25) is 4.79 Å². The Morgan fingerprint density at radius 1 is 1.43 bits per heavy atom. The van der Waals surface area contributed by atoms with Gasteiger partial charge in [0.1, 0.15) is 0 Å². The Kier molecular flexibility index (Phi) is 5.13. The molecule has 0 rings (SSSR count). The first-order chi connectivity index (χ1) is 6.35. The standard InChI is InChI=1S/C11H24N2O/c1-6-13(7-9(2)3)10(14)11(4,5)8-12/h9H,6-8,12H2,1-5H3. The Labute approximate surface area is 87.6 Å². The Hall–Kier alpha value is -0.570. The summed E-state index contributed by atoms with van der Waals surface area (Å²) in [4.78, 5) is 13.9. The fourth-order valence-electron chi connectivity index (χ4n) is 1.31. The Balaban J connectivity index is 4.46. The van der Waals surface area contributed by atoms with Gasteiger partial charge in [-0.2, -0.15) is 0 Å². The number of hydrogen-bond donors (Lipinski definition) is 1. The molecule has 0 aliphatic carbocycles. The van der Waals surface area contributed by atoms with Crippen LogP contribution in [0.5, 0.6) is 0 Å². The van der Waals surface area contributed by atoms with Crippen LogP contribution in [-0.4, -0.2) is 30.4 Å². The minimum Gasteiger partial charge on any atom is -0.342 e. The highest BCUT2D eigenvalue weighted by Crippen LogP contribution is 2.17. The SMILES string of the molecule is CCN(CC(C)C)C(=O)C(C)(C)CN. The van der Waals surface area contributed by atoms with Gasteiger partial charge in [-0.05, 0) is 26.7 Å². The summed E-state index contributed by atoms with van der Waals surface area (Å²) in [5, 5.41) is 0. The molecule has 3 heteroatoms. The van der Waals surface area contributed by atoms with Gasteiger partial charge in [0.05, 0.1) is 5.41 Å². The van der Waals surface area contributed by atoms with Crippen molar-refractivity contribution in [3.8, 4) is 0 Å². The largest absolute Gasteiger partial charge is 0.342 e. The molecule has 0 aromatic heterocycles. The number of carbonyl (C=O) groups is 1. The third kappa shape index (κ3) is 3.66. The fourth-order valence-corrected chi connectivity index (χ4v) is 1.31. The van der Waals surface area contributed by atoms with Gasteiger partial charge < -0.3 is 10.6 Å². The van der Waals surface area contributed by atoms with Crippen LogP contribution in [-0.2, 0) is 4.79 Å². The molecule has 0 aliphatic rings. The van der Waals surface area contributed by atoms with E-state index in [-0.39, 0.29) is 5.91 Å². The number of rotatable bonds is 5. The number of hydrogen-bond acceptors (Lipinski definition) is 2. The highest BCUT2D eigenvalue weighted by Gasteiger charge is 2.29. The maximum absolute atomic E-state index is 12.0. The van der Waals surface area contributed by atoms with Crippen molar-refractivity contribution in [2.75, 3.05) is 19.6 Å². The second-order valence-corrected chi connectivity index (χ2v) is 4.83. The lowest BCUT2D eigenvalue weighted by Crippen LogP contribution is -2.45. The zero-order chi connectivity index (χ0) is 11.4. The average molecular weight is 200 g/mol. The van der Waals surface area contributed by atoms with Crippen molar-refractivity contribution in [3.63, 3.8) is 0 Å². The quantitative estimate of drug-likeness (QED) is 0.730. The van der Waals surface area contributed by atoms with Crippen LogP contribution in [0, 0.1) is 11.3 Å². The van der Waals surface area contributed by atoms with Crippen molar-refractivity contribution in [1.29, 1.82) is 0 Å². The molecular formula is C11H24N2O. The molecule has 0 atom stereocenters. The lowest BCUT2D eigenvalue weighted by Gasteiger charge is -2.31. The van der Waals surface area contributed by atoms with E-state index in [9.17, 15) is 4.79 Å². The second kappa shape index (κ2) is 5.35. The molecular weight excluding hydrogens is 176 g/mol. The molecule has 0 spiro atoms. The van der Waals surface area contributed by atoms with Crippen LogP contribution in [0.4, 0.5) is 0 Å². The number of amides is 1. The molecule has 0 aromatic rings. The van der Waals surface area contributed by atoms with Gasteiger partial charge in [-0.15, -0.1) is 0 Å². The summed E-state index contributed by atoms with van der Waals surface area (Å²) >= 11 is 0. The van der Waals surface area contributed by atoms with E-state index in [0.717, 1.165) is 13.1 Å². The summed E-state index contributed by atoms with van der Waals surface area (Å²) in [6.45, 7) is 12.0. The maximum Gasteiger partial charge on any atom is 0.229 e. The molecule has 0 unspecified atom stereocenters. The third-order valence-electron chi connectivity index (χ3n) is 2.34. The van der Waals surface area contributed by atoms with Crippen molar-refractivity contribution in [1.82, 2.24) is 4.90 Å². The molecule has 84 valence electrons. The summed E-state index contributed by atoms with van der Waals surface area (Å²) in [5.41, 5.74) is 5.16. The van der Waals surface area contributed by atoms with Crippen LogP contribution in [0.1, 0.15) is 34.6 Å². The lowest BCUT2D eigenvalue weighted by molar-refractivity contribution is -0.140. The Morgan fingerprint density at radius 2 is 1.93 bits per heavy atom. The minimum absolute atomic E-state index is 0.163. The normalized spacial score (nSPS) is 11.9. The highest BCUT2D eigenvalue weighted by atomic mass is 16.2. The molecule has 0 heterocycles. The van der Waals surface area contributed by atoms with Gasteiger partial charge >= 0.3 is 0 Å². The zero-order valence-electron chi connectivity index (χ0n) is 10.1. The third-order valence-corrected chi connectivity index (χ3v) is 2.34. The van der Waals surface area contributed by atoms with Crippen molar-refractivity contribution < 1.29 is 4.79 Å². The van der Waals surface area contributed by atoms with Crippen LogP contribution >= 0.6 is 0 Å². The molecule has 0 radical (unpaired) electrons. The average Bonchev–Trinajstić information content (AvgIpc) is 2.12. The van der Waals surface area contributed by atoms with Crippen LogP contribution < -0.4 is 5.73 Å². The molecule has 0 saturated heterocycles. The van der Waals surface area contributed by atoms with Crippen molar-refractivity contribution in [2.45, 2.75) is 34.6 Å². The van der Waals surface area contributed by atoms with Crippen LogP contribution in [0.3, 0.4) is 0 Å². The first-order valence-electron chi connectivity index (χ1n) is 5.34. The summed E-state index contributed by atoms with van der Waals surface area (Å²) in [6, 6.07) is 0. The molecule has 0 saturated carbocycles. The van der Waals surface area contributed by atoms with Gasteiger partial charge in [0.15, 0.2) is 0 Å². The monoisotopic (exact) mass is 200 g/mol. The molecule has 0 aromatic carbocycles. The number of nitrogens with zero attached hydrogens (tertiary/aromatic N) is 1. The fraction of sp³-hybridized carbons (Fsp3) is 0.909. The topological polar surface area (TPSA) is 46.3 Å². The summed E-state index contributed by atoms with van der Waals surface area (Å²) in [7, 11) is 0. The summed E-state index contributed by atoms with van der Waals surface area (Å²) in [6.07, 6.45) is 0. The van der Waals surface area contributed by atoms with E-state index in [4.69, 9.17) is 5.73 Å². The Bertz CT molecular complexity index is 188. The van der Waals surface area contributed by atoms with Gasteiger partial charge in [-0.25, -0.2) is 0 Å². The summed E-state index contributed by atoms with van der Waals surface area (Å²) in [5.74, 6) is 0.670. The molecule has 1 amide bonds. The summed E-state index contributed by atoms with van der Waals surface area (Å²) < 4.78 is 0. The van der Waals surface area contributed by atoms with E-state index < -0.39 is 5.41 Å². The van der Waals surface area contributed by atoms with E-state index in [0.29, 0.717) is 12.5 Å². The van der Waals surface area contributed by atoms with Crippen molar-refractivity contribution in [2.24, 2.45) is 17.1 Å². The van der Waals surface area contributed by atoms with Gasteiger partial charge in [0, 0.05) is 19.6 Å². The van der Waals surface area contributed by atoms with Crippen molar-refractivity contribution >= 4 is 5.91 Å². The number of carbonyl (C=O) groups excluding carboxylic acids is 1. The lowest BCUT2D eigenvalue weighted by atomic mass is 9.91. The molecule has 0 bridgehead atoms.